The van der Waals surface area contributed by atoms with E-state index >= 15 is 0 Å². The molecule has 8 nitrogen and oxygen atoms in total. The topological polar surface area (TPSA) is 94.8 Å². The number of ether oxygens (including phenoxy) is 1. The number of pyridine rings is 1. The average Bonchev–Trinajstić information content (AvgIpc) is 3.42. The van der Waals surface area contributed by atoms with Crippen LogP contribution in [0.2, 0.25) is 0 Å². The number of carbonyl (C=O) groups excluding carboxylic acids is 1. The molecule has 1 N–H and O–H groups in total. The molecule has 4 rings (SSSR count). The van der Waals surface area contributed by atoms with Crippen molar-refractivity contribution >= 4 is 28.6 Å². The van der Waals surface area contributed by atoms with E-state index in [2.05, 4.69) is 25.4 Å². The second kappa shape index (κ2) is 9.31. The third-order valence-electron chi connectivity index (χ3n) is 5.21. The number of thioether (sulfide) groups is 1. The molecule has 4 heterocycles. The van der Waals surface area contributed by atoms with Gasteiger partial charge in [-0.1, -0.05) is 11.8 Å². The first-order valence-electron chi connectivity index (χ1n) is 10.0. The molecule has 1 saturated heterocycles. The molecule has 0 radical (unpaired) electrons. The van der Waals surface area contributed by atoms with E-state index in [1.807, 2.05) is 0 Å². The standard InChI is InChI=1S/C20H20F4N6O2S/c1-32-7-6-30-16-13(9-27-30)17(29-18(28-16)20(22,23)24)33-10-14(31)12-2-3-15(26-8-12)19(21)4-5-25-11-19/h2-3,8-9,25H,4-7,10-11H2,1H3. The normalized spacial score (nSPS) is 18.8. The number of methoxy groups -OCH3 is 1. The van der Waals surface area contributed by atoms with E-state index in [0.717, 1.165) is 11.8 Å². The number of nitrogens with zero attached hydrogens (tertiary/aromatic N) is 5. The Kier molecular flexibility index (Phi) is 6.64. The molecule has 1 unspecified atom stereocenters. The highest BCUT2D eigenvalue weighted by Gasteiger charge is 2.37. The number of carbonyl (C=O) groups is 1. The van der Waals surface area contributed by atoms with Crippen molar-refractivity contribution in [2.24, 2.45) is 0 Å². The summed E-state index contributed by atoms with van der Waals surface area (Å²) >= 11 is 0.852. The van der Waals surface area contributed by atoms with Crippen LogP contribution in [0.25, 0.3) is 11.0 Å². The fourth-order valence-corrected chi connectivity index (χ4v) is 4.31. The summed E-state index contributed by atoms with van der Waals surface area (Å²) in [6.07, 6.45) is -1.81. The van der Waals surface area contributed by atoms with Crippen LogP contribution in [-0.4, -0.2) is 63.1 Å². The van der Waals surface area contributed by atoms with E-state index in [1.54, 1.807) is 0 Å². The van der Waals surface area contributed by atoms with Crippen molar-refractivity contribution in [1.29, 1.82) is 0 Å². The molecule has 3 aromatic rings. The van der Waals surface area contributed by atoms with Crippen LogP contribution in [0.15, 0.2) is 29.6 Å². The SMILES string of the molecule is COCCn1ncc2c(SCC(=O)c3ccc(C4(F)CCNC4)nc3)nc(C(F)(F)F)nc21. The van der Waals surface area contributed by atoms with Crippen molar-refractivity contribution in [3.8, 4) is 0 Å². The molecule has 176 valence electrons. The minimum absolute atomic E-state index is 0.00587. The number of nitrogens with one attached hydrogen (secondary N) is 1. The lowest BCUT2D eigenvalue weighted by atomic mass is 9.99. The van der Waals surface area contributed by atoms with Crippen molar-refractivity contribution in [3.05, 3.63) is 41.6 Å². The summed E-state index contributed by atoms with van der Waals surface area (Å²) in [6, 6.07) is 2.94. The minimum atomic E-state index is -4.76. The maximum Gasteiger partial charge on any atom is 0.451 e. The van der Waals surface area contributed by atoms with Crippen molar-refractivity contribution < 1.29 is 27.1 Å². The van der Waals surface area contributed by atoms with Crippen LogP contribution in [0, 0.1) is 0 Å². The first-order chi connectivity index (χ1) is 15.7. The van der Waals surface area contributed by atoms with Gasteiger partial charge in [0.15, 0.2) is 17.1 Å². The Bertz CT molecular complexity index is 1150. The summed E-state index contributed by atoms with van der Waals surface area (Å²) in [5, 5.41) is 7.31. The third-order valence-corrected chi connectivity index (χ3v) is 6.20. The fraction of sp³-hybridized carbons (Fsp3) is 0.450. The molecular formula is C20H20F4N6O2S. The first kappa shape index (κ1) is 23.5. The Balaban J connectivity index is 1.54. The number of hydrogen-bond donors (Lipinski definition) is 1. The molecule has 1 aliphatic heterocycles. The van der Waals surface area contributed by atoms with E-state index in [9.17, 15) is 22.4 Å². The first-order valence-corrected chi connectivity index (χ1v) is 11.0. The molecule has 0 bridgehead atoms. The van der Waals surface area contributed by atoms with E-state index < -0.39 is 17.7 Å². The molecule has 0 spiro atoms. The molecule has 1 atom stereocenters. The van der Waals surface area contributed by atoms with Crippen LogP contribution in [0.5, 0.6) is 0 Å². The number of rotatable bonds is 8. The summed E-state index contributed by atoms with van der Waals surface area (Å²) in [5.41, 5.74) is -1.08. The number of aromatic nitrogens is 5. The van der Waals surface area contributed by atoms with Gasteiger partial charge in [0.05, 0.1) is 36.2 Å². The zero-order chi connectivity index (χ0) is 23.6. The Morgan fingerprint density at radius 1 is 1.30 bits per heavy atom. The molecule has 13 heteroatoms. The van der Waals surface area contributed by atoms with E-state index in [0.29, 0.717) is 18.4 Å². The van der Waals surface area contributed by atoms with E-state index in [1.165, 1.54) is 36.3 Å². The van der Waals surface area contributed by atoms with E-state index in [4.69, 9.17) is 4.74 Å². The van der Waals surface area contributed by atoms with Gasteiger partial charge in [0, 0.05) is 31.8 Å². The third kappa shape index (κ3) is 4.99. The lowest BCUT2D eigenvalue weighted by molar-refractivity contribution is -0.145. The molecular weight excluding hydrogens is 464 g/mol. The highest BCUT2D eigenvalue weighted by Crippen LogP contribution is 2.33. The van der Waals surface area contributed by atoms with Gasteiger partial charge in [-0.25, -0.2) is 19.0 Å². The summed E-state index contributed by atoms with van der Waals surface area (Å²) < 4.78 is 61.1. The van der Waals surface area contributed by atoms with Crippen molar-refractivity contribution in [3.63, 3.8) is 0 Å². The van der Waals surface area contributed by atoms with Gasteiger partial charge in [-0.3, -0.25) is 9.78 Å². The van der Waals surface area contributed by atoms with Gasteiger partial charge in [0.1, 0.15) is 5.03 Å². The molecule has 0 aromatic carbocycles. The zero-order valence-electron chi connectivity index (χ0n) is 17.5. The Morgan fingerprint density at radius 2 is 2.12 bits per heavy atom. The highest BCUT2D eigenvalue weighted by molar-refractivity contribution is 8.00. The second-order valence-electron chi connectivity index (χ2n) is 7.48. The van der Waals surface area contributed by atoms with Gasteiger partial charge in [-0.15, -0.1) is 0 Å². The van der Waals surface area contributed by atoms with Crippen LogP contribution in [0.3, 0.4) is 0 Å². The highest BCUT2D eigenvalue weighted by atomic mass is 32.2. The van der Waals surface area contributed by atoms with Crippen LogP contribution in [0.1, 0.15) is 28.3 Å². The number of ketones is 1. The second-order valence-corrected chi connectivity index (χ2v) is 8.45. The maximum atomic E-state index is 14.8. The number of Topliss-reactive ketones (excluding diaryl/α,β-unsaturated/α-hetero) is 1. The van der Waals surface area contributed by atoms with Crippen molar-refractivity contribution in [2.45, 2.75) is 29.8 Å². The lowest BCUT2D eigenvalue weighted by Crippen LogP contribution is -2.24. The van der Waals surface area contributed by atoms with Crippen LogP contribution in [-0.2, 0) is 23.1 Å². The summed E-state index contributed by atoms with van der Waals surface area (Å²) in [7, 11) is 1.47. The predicted octanol–water partition coefficient (Wildman–Crippen LogP) is 3.02. The van der Waals surface area contributed by atoms with Crippen LogP contribution < -0.4 is 5.32 Å². The quantitative estimate of drug-likeness (QED) is 0.226. The van der Waals surface area contributed by atoms with Crippen molar-refractivity contribution in [1.82, 2.24) is 30.0 Å². The van der Waals surface area contributed by atoms with Gasteiger partial charge in [0.2, 0.25) is 5.82 Å². The molecule has 1 aliphatic rings. The maximum absolute atomic E-state index is 14.8. The molecule has 1 fully saturated rings. The fourth-order valence-electron chi connectivity index (χ4n) is 3.43. The molecule has 0 amide bonds. The smallest absolute Gasteiger partial charge is 0.383 e. The summed E-state index contributed by atoms with van der Waals surface area (Å²) in [6.45, 7) is 1.15. The number of halogens is 4. The molecule has 33 heavy (non-hydrogen) atoms. The summed E-state index contributed by atoms with van der Waals surface area (Å²) in [5.74, 6) is -1.87. The van der Waals surface area contributed by atoms with Gasteiger partial charge in [-0.2, -0.15) is 18.3 Å². The monoisotopic (exact) mass is 484 g/mol. The lowest BCUT2D eigenvalue weighted by Gasteiger charge is -2.17. The minimum Gasteiger partial charge on any atom is -0.383 e. The van der Waals surface area contributed by atoms with Crippen LogP contribution in [0.4, 0.5) is 17.6 Å². The number of fused-ring (bicyclic) bond motifs is 1. The average molecular weight is 484 g/mol. The number of hydrogen-bond acceptors (Lipinski definition) is 8. The van der Waals surface area contributed by atoms with Gasteiger partial charge in [-0.05, 0) is 18.7 Å². The van der Waals surface area contributed by atoms with E-state index in [-0.39, 0.29) is 53.2 Å². The predicted molar refractivity (Wildman–Crippen MR) is 112 cm³/mol. The Hall–Kier alpha value is -2.64. The van der Waals surface area contributed by atoms with Gasteiger partial charge < -0.3 is 10.1 Å². The number of alkyl halides is 4. The molecule has 3 aromatic heterocycles. The van der Waals surface area contributed by atoms with Gasteiger partial charge in [0.25, 0.3) is 0 Å². The van der Waals surface area contributed by atoms with Gasteiger partial charge >= 0.3 is 6.18 Å². The van der Waals surface area contributed by atoms with Crippen LogP contribution >= 0.6 is 11.8 Å². The Labute approximate surface area is 190 Å². The Morgan fingerprint density at radius 3 is 2.76 bits per heavy atom. The largest absolute Gasteiger partial charge is 0.451 e. The zero-order valence-corrected chi connectivity index (χ0v) is 18.3. The molecule has 0 aliphatic carbocycles. The summed E-state index contributed by atoms with van der Waals surface area (Å²) in [4.78, 5) is 24.0. The molecule has 0 saturated carbocycles. The van der Waals surface area contributed by atoms with Crippen molar-refractivity contribution in [2.75, 3.05) is 32.6 Å².